The Labute approximate surface area is 188 Å². The molecule has 0 aliphatic carbocycles. The summed E-state index contributed by atoms with van der Waals surface area (Å²) in [4.78, 5) is 36.3. The van der Waals surface area contributed by atoms with Gasteiger partial charge in [-0.25, -0.2) is 4.98 Å². The van der Waals surface area contributed by atoms with E-state index >= 15 is 0 Å². The van der Waals surface area contributed by atoms with Crippen LogP contribution in [0.3, 0.4) is 0 Å². The van der Waals surface area contributed by atoms with Crippen LogP contribution in [0.2, 0.25) is 10.0 Å². The molecule has 8 nitrogen and oxygen atoms in total. The molecule has 31 heavy (non-hydrogen) atoms. The first kappa shape index (κ1) is 21.1. The van der Waals surface area contributed by atoms with Crippen LogP contribution in [0.4, 0.5) is 5.82 Å². The Morgan fingerprint density at radius 1 is 1.16 bits per heavy atom. The number of hydrogen-bond acceptors (Lipinski definition) is 6. The van der Waals surface area contributed by atoms with Gasteiger partial charge in [-0.15, -0.1) is 0 Å². The smallest absolute Gasteiger partial charge is 0.274 e. The average Bonchev–Trinajstić information content (AvgIpc) is 2.77. The van der Waals surface area contributed by atoms with Gasteiger partial charge in [-0.05, 0) is 35.9 Å². The van der Waals surface area contributed by atoms with Gasteiger partial charge in [0.15, 0.2) is 11.4 Å². The second-order valence-electron chi connectivity index (χ2n) is 7.12. The number of nitrogens with one attached hydrogen (secondary N) is 1. The monoisotopic (exact) mass is 459 g/mol. The quantitative estimate of drug-likeness (QED) is 0.569. The van der Waals surface area contributed by atoms with E-state index < -0.39 is 5.91 Å². The summed E-state index contributed by atoms with van der Waals surface area (Å²) in [5.74, 6) is -0.288. The van der Waals surface area contributed by atoms with Crippen LogP contribution < -0.4 is 10.2 Å². The number of carbonyl (C=O) groups excluding carboxylic acids is 2. The molecule has 0 bridgehead atoms. The molecule has 1 saturated heterocycles. The normalized spacial score (nSPS) is 14.0. The maximum atomic E-state index is 12.9. The minimum absolute atomic E-state index is 0.118. The Morgan fingerprint density at radius 2 is 1.87 bits per heavy atom. The number of rotatable bonds is 5. The first-order valence-corrected chi connectivity index (χ1v) is 10.4. The Hall–Kier alpha value is -3.10. The minimum Gasteiger partial charge on any atom is -0.504 e. The van der Waals surface area contributed by atoms with Crippen LogP contribution in [0, 0.1) is 0 Å². The predicted molar refractivity (Wildman–Crippen MR) is 119 cm³/mol. The summed E-state index contributed by atoms with van der Waals surface area (Å²) < 4.78 is 0. The fourth-order valence-corrected chi connectivity index (χ4v) is 4.09. The van der Waals surface area contributed by atoms with Crippen molar-refractivity contribution in [3.05, 3.63) is 57.8 Å². The van der Waals surface area contributed by atoms with Crippen LogP contribution >= 0.6 is 23.2 Å². The molecule has 0 saturated carbocycles. The summed E-state index contributed by atoms with van der Waals surface area (Å²) in [6, 6.07) is 8.54. The van der Waals surface area contributed by atoms with Crippen LogP contribution in [0.5, 0.6) is 5.75 Å². The van der Waals surface area contributed by atoms with Crippen molar-refractivity contribution in [1.29, 1.82) is 0 Å². The zero-order valence-corrected chi connectivity index (χ0v) is 17.9. The zero-order valence-electron chi connectivity index (χ0n) is 16.4. The van der Waals surface area contributed by atoms with Crippen LogP contribution in [0.25, 0.3) is 10.9 Å². The lowest BCUT2D eigenvalue weighted by Crippen LogP contribution is -2.46. The molecule has 1 fully saturated rings. The molecule has 1 aliphatic rings. The Balaban J connectivity index is 1.65. The highest BCUT2D eigenvalue weighted by atomic mass is 35.5. The highest BCUT2D eigenvalue weighted by Gasteiger charge is 2.24. The van der Waals surface area contributed by atoms with Crippen LogP contribution in [0.1, 0.15) is 16.1 Å². The summed E-state index contributed by atoms with van der Waals surface area (Å²) in [6.07, 6.45) is 2.37. The number of pyridine rings is 2. The first-order chi connectivity index (χ1) is 15.0. The minimum atomic E-state index is -0.547. The van der Waals surface area contributed by atoms with Gasteiger partial charge >= 0.3 is 0 Å². The van der Waals surface area contributed by atoms with Gasteiger partial charge < -0.3 is 20.2 Å². The van der Waals surface area contributed by atoms with Gasteiger partial charge in [0.25, 0.3) is 5.91 Å². The Bertz CT molecular complexity index is 1130. The molecule has 160 valence electrons. The van der Waals surface area contributed by atoms with Crippen molar-refractivity contribution >= 4 is 52.2 Å². The summed E-state index contributed by atoms with van der Waals surface area (Å²) in [7, 11) is 0. The van der Waals surface area contributed by atoms with Gasteiger partial charge in [-0.2, -0.15) is 0 Å². The first-order valence-electron chi connectivity index (χ1n) is 9.61. The van der Waals surface area contributed by atoms with Gasteiger partial charge in [0.05, 0.1) is 0 Å². The molecule has 1 aliphatic heterocycles. The topological polar surface area (TPSA) is 98.7 Å². The molecule has 0 atom stereocenters. The van der Waals surface area contributed by atoms with E-state index in [1.165, 1.54) is 0 Å². The molecule has 1 aromatic carbocycles. The van der Waals surface area contributed by atoms with Crippen LogP contribution in [-0.4, -0.2) is 58.5 Å². The van der Waals surface area contributed by atoms with Crippen LogP contribution in [-0.2, 0) is 11.3 Å². The lowest BCUT2D eigenvalue weighted by molar-refractivity contribution is -0.118. The summed E-state index contributed by atoms with van der Waals surface area (Å²) in [5.41, 5.74) is 0.892. The molecule has 10 heteroatoms. The molecule has 3 heterocycles. The van der Waals surface area contributed by atoms with Gasteiger partial charge in [-0.1, -0.05) is 23.2 Å². The van der Waals surface area contributed by atoms with Gasteiger partial charge in [-0.3, -0.25) is 14.6 Å². The van der Waals surface area contributed by atoms with Crippen LogP contribution in [0.15, 0.2) is 36.5 Å². The number of fused-ring (bicyclic) bond motifs is 1. The zero-order chi connectivity index (χ0) is 22.0. The lowest BCUT2D eigenvalue weighted by Gasteiger charge is -2.34. The van der Waals surface area contributed by atoms with E-state index in [-0.39, 0.29) is 18.0 Å². The van der Waals surface area contributed by atoms with Gasteiger partial charge in [0.2, 0.25) is 6.41 Å². The molecule has 3 aromatic rings. The summed E-state index contributed by atoms with van der Waals surface area (Å²) in [6.45, 7) is 2.37. The Morgan fingerprint density at radius 3 is 2.55 bits per heavy atom. The predicted octanol–water partition coefficient (Wildman–Crippen LogP) is 2.85. The molecule has 0 unspecified atom stereocenters. The fourth-order valence-electron chi connectivity index (χ4n) is 3.52. The van der Waals surface area contributed by atoms with Crippen molar-refractivity contribution < 1.29 is 14.7 Å². The summed E-state index contributed by atoms with van der Waals surface area (Å²) in [5, 5.41) is 15.0. The standard InChI is InChI=1S/C21H19Cl2N5O3/c22-14-8-13(9-15(23)10-14)11-25-21(31)18-19(30)17-16(2-1-3-24-17)20(26-18)28-6-4-27(12-29)5-7-28/h1-3,8-10,12,30H,4-7,11H2,(H,25,31). The van der Waals surface area contributed by atoms with Crippen molar-refractivity contribution in [1.82, 2.24) is 20.2 Å². The number of nitrogens with zero attached hydrogens (tertiary/aromatic N) is 4. The number of carbonyl (C=O) groups is 2. The number of halogens is 2. The SMILES string of the molecule is O=CN1CCN(c2nc(C(=O)NCc3cc(Cl)cc(Cl)c3)c(O)c3ncccc23)CC1. The van der Waals surface area contributed by atoms with E-state index in [2.05, 4.69) is 15.3 Å². The number of hydrogen-bond donors (Lipinski definition) is 2. The highest BCUT2D eigenvalue weighted by molar-refractivity contribution is 6.34. The van der Waals surface area contributed by atoms with Crippen molar-refractivity contribution in [2.45, 2.75) is 6.54 Å². The second kappa shape index (κ2) is 8.95. The second-order valence-corrected chi connectivity index (χ2v) is 7.99. The molecule has 4 rings (SSSR count). The maximum Gasteiger partial charge on any atom is 0.274 e. The lowest BCUT2D eigenvalue weighted by atomic mass is 10.1. The average molecular weight is 460 g/mol. The largest absolute Gasteiger partial charge is 0.504 e. The van der Waals surface area contributed by atoms with Crippen molar-refractivity contribution in [2.75, 3.05) is 31.1 Å². The number of aromatic nitrogens is 2. The number of aromatic hydroxyl groups is 1. The third-order valence-electron chi connectivity index (χ3n) is 5.07. The molecule has 2 amide bonds. The van der Waals surface area contributed by atoms with E-state index in [0.29, 0.717) is 52.9 Å². The molecule has 2 aromatic heterocycles. The van der Waals surface area contributed by atoms with E-state index in [1.54, 1.807) is 41.4 Å². The number of piperazine rings is 1. The van der Waals surface area contributed by atoms with E-state index in [1.807, 2.05) is 4.90 Å². The third kappa shape index (κ3) is 4.50. The number of anilines is 1. The molecule has 2 N–H and O–H groups in total. The summed E-state index contributed by atoms with van der Waals surface area (Å²) >= 11 is 12.0. The van der Waals surface area contributed by atoms with Crippen molar-refractivity contribution in [3.8, 4) is 5.75 Å². The molecular formula is C21H19Cl2N5O3. The maximum absolute atomic E-state index is 12.9. The molecule has 0 radical (unpaired) electrons. The molecular weight excluding hydrogens is 441 g/mol. The van der Waals surface area contributed by atoms with Gasteiger partial charge in [0.1, 0.15) is 11.3 Å². The van der Waals surface area contributed by atoms with Crippen molar-refractivity contribution in [2.24, 2.45) is 0 Å². The van der Waals surface area contributed by atoms with Gasteiger partial charge in [0, 0.05) is 54.4 Å². The fraction of sp³-hybridized carbons (Fsp3) is 0.238. The number of amides is 2. The van der Waals surface area contributed by atoms with E-state index in [4.69, 9.17) is 23.2 Å². The van der Waals surface area contributed by atoms with Crippen molar-refractivity contribution in [3.63, 3.8) is 0 Å². The van der Waals surface area contributed by atoms with E-state index in [9.17, 15) is 14.7 Å². The number of benzene rings is 1. The molecule has 0 spiro atoms. The van der Waals surface area contributed by atoms with E-state index in [0.717, 1.165) is 12.0 Å². The Kier molecular flexibility index (Phi) is 6.11. The highest BCUT2D eigenvalue weighted by Crippen LogP contribution is 2.33. The third-order valence-corrected chi connectivity index (χ3v) is 5.50.